The molecule has 0 spiro atoms. The van der Waals surface area contributed by atoms with Crippen molar-refractivity contribution >= 4 is 29.4 Å². The van der Waals surface area contributed by atoms with Crippen molar-refractivity contribution in [3.05, 3.63) is 53.6 Å². The highest BCUT2D eigenvalue weighted by Crippen LogP contribution is 2.31. The van der Waals surface area contributed by atoms with Gasteiger partial charge in [-0.2, -0.15) is 0 Å². The molecule has 2 aromatic rings. The van der Waals surface area contributed by atoms with Crippen molar-refractivity contribution in [3.63, 3.8) is 0 Å². The molecule has 0 aromatic heterocycles. The number of carbonyl (C=O) groups is 2. The summed E-state index contributed by atoms with van der Waals surface area (Å²) < 4.78 is 0. The van der Waals surface area contributed by atoms with Crippen LogP contribution in [0.25, 0.3) is 0 Å². The monoisotopic (exact) mass is 409 g/mol. The summed E-state index contributed by atoms with van der Waals surface area (Å²) in [5, 5.41) is 2.97. The summed E-state index contributed by atoms with van der Waals surface area (Å²) >= 11 is 1.72. The molecule has 152 valence electrons. The molecule has 29 heavy (non-hydrogen) atoms. The lowest BCUT2D eigenvalue weighted by atomic mass is 10.1. The van der Waals surface area contributed by atoms with E-state index in [-0.39, 0.29) is 17.9 Å². The first kappa shape index (κ1) is 19.8. The molecule has 1 aliphatic carbocycles. The normalized spacial score (nSPS) is 16.6. The Morgan fingerprint density at radius 3 is 2.10 bits per heavy atom. The molecule has 2 aromatic carbocycles. The van der Waals surface area contributed by atoms with Gasteiger partial charge in [0.2, 0.25) is 5.91 Å². The summed E-state index contributed by atoms with van der Waals surface area (Å²) in [6.45, 7) is 6.68. The lowest BCUT2D eigenvalue weighted by molar-refractivity contribution is -0.133. The van der Waals surface area contributed by atoms with Gasteiger partial charge in [-0.05, 0) is 74.2 Å². The topological polar surface area (TPSA) is 52.7 Å². The molecule has 1 saturated heterocycles. The number of hydrogen-bond acceptors (Lipinski definition) is 3. The van der Waals surface area contributed by atoms with Gasteiger partial charge < -0.3 is 15.1 Å². The van der Waals surface area contributed by atoms with Crippen molar-refractivity contribution in [2.24, 2.45) is 5.92 Å². The summed E-state index contributed by atoms with van der Waals surface area (Å²) in [5.74, 6) is 0.512. The van der Waals surface area contributed by atoms with Gasteiger partial charge in [0.15, 0.2) is 0 Å². The van der Waals surface area contributed by atoms with E-state index in [0.717, 1.165) is 23.4 Å². The number of rotatable bonds is 4. The maximum Gasteiger partial charge on any atom is 0.321 e. The number of nitrogens with one attached hydrogen (secondary N) is 1. The van der Waals surface area contributed by atoms with E-state index in [1.54, 1.807) is 16.7 Å². The van der Waals surface area contributed by atoms with Crippen LogP contribution in [0.4, 0.5) is 10.5 Å². The molecule has 4 rings (SSSR count). The standard InChI is InChI=1S/C23H27N3O2S/c1-16-3-8-21(15-17(16)2)29-20-9-6-19(7-10-20)24-23(28)26-13-11-25(12-14-26)22(27)18-4-5-18/h3,6-10,15,18H,4-5,11-14H2,1-2H3,(H,24,28). The minimum absolute atomic E-state index is 0.0990. The molecule has 2 aliphatic rings. The SMILES string of the molecule is Cc1ccc(Sc2ccc(NC(=O)N3CCN(C(=O)C4CC4)CC3)cc2)cc1C. The number of aryl methyl sites for hydroxylation is 2. The van der Waals surface area contributed by atoms with Gasteiger partial charge in [-0.15, -0.1) is 0 Å². The summed E-state index contributed by atoms with van der Waals surface area (Å²) in [4.78, 5) is 30.7. The van der Waals surface area contributed by atoms with Crippen LogP contribution < -0.4 is 5.32 Å². The molecule has 0 radical (unpaired) electrons. The van der Waals surface area contributed by atoms with E-state index in [2.05, 4.69) is 37.4 Å². The van der Waals surface area contributed by atoms with Crippen molar-refractivity contribution in [1.82, 2.24) is 9.80 Å². The summed E-state index contributed by atoms with van der Waals surface area (Å²) in [7, 11) is 0. The maximum absolute atomic E-state index is 12.5. The largest absolute Gasteiger partial charge is 0.339 e. The first-order chi connectivity index (χ1) is 14.0. The van der Waals surface area contributed by atoms with Crippen LogP contribution in [0.5, 0.6) is 0 Å². The molecule has 5 nitrogen and oxygen atoms in total. The van der Waals surface area contributed by atoms with Gasteiger partial charge in [0.25, 0.3) is 0 Å². The quantitative estimate of drug-likeness (QED) is 0.807. The van der Waals surface area contributed by atoms with E-state index in [0.29, 0.717) is 26.2 Å². The molecule has 1 saturated carbocycles. The minimum atomic E-state index is -0.0990. The summed E-state index contributed by atoms with van der Waals surface area (Å²) in [6.07, 6.45) is 2.05. The number of nitrogens with zero attached hydrogens (tertiary/aromatic N) is 2. The lowest BCUT2D eigenvalue weighted by Crippen LogP contribution is -2.52. The van der Waals surface area contributed by atoms with Crippen LogP contribution in [-0.2, 0) is 4.79 Å². The molecule has 2 fully saturated rings. The molecule has 1 N–H and O–H groups in total. The Bertz CT molecular complexity index is 901. The van der Waals surface area contributed by atoms with Crippen molar-refractivity contribution in [3.8, 4) is 0 Å². The van der Waals surface area contributed by atoms with E-state index >= 15 is 0 Å². The second kappa shape index (κ2) is 8.49. The zero-order chi connectivity index (χ0) is 20.4. The highest BCUT2D eigenvalue weighted by atomic mass is 32.2. The van der Waals surface area contributed by atoms with Crippen molar-refractivity contribution in [2.75, 3.05) is 31.5 Å². The Hall–Kier alpha value is -2.47. The zero-order valence-electron chi connectivity index (χ0n) is 17.0. The Kier molecular flexibility index (Phi) is 5.81. The average Bonchev–Trinajstić information content (AvgIpc) is 3.57. The molecule has 0 bridgehead atoms. The summed E-state index contributed by atoms with van der Waals surface area (Å²) in [5.41, 5.74) is 3.37. The molecule has 0 unspecified atom stereocenters. The number of benzene rings is 2. The summed E-state index contributed by atoms with van der Waals surface area (Å²) in [6, 6.07) is 14.3. The molecule has 0 atom stereocenters. The van der Waals surface area contributed by atoms with Crippen LogP contribution in [0, 0.1) is 19.8 Å². The third-order valence-electron chi connectivity index (χ3n) is 5.62. The number of piperazine rings is 1. The highest BCUT2D eigenvalue weighted by molar-refractivity contribution is 7.99. The van der Waals surface area contributed by atoms with Gasteiger partial charge >= 0.3 is 6.03 Å². The number of amides is 3. The third-order valence-corrected chi connectivity index (χ3v) is 6.62. The first-order valence-corrected chi connectivity index (χ1v) is 11.0. The fraction of sp³-hybridized carbons (Fsp3) is 0.391. The second-order valence-corrected chi connectivity index (χ2v) is 9.04. The van der Waals surface area contributed by atoms with Crippen molar-refractivity contribution < 1.29 is 9.59 Å². The van der Waals surface area contributed by atoms with Crippen LogP contribution in [0.3, 0.4) is 0 Å². The lowest BCUT2D eigenvalue weighted by Gasteiger charge is -2.34. The molecule has 1 heterocycles. The van der Waals surface area contributed by atoms with Crippen LogP contribution in [0.2, 0.25) is 0 Å². The van der Waals surface area contributed by atoms with Gasteiger partial charge in [-0.3, -0.25) is 4.79 Å². The first-order valence-electron chi connectivity index (χ1n) is 10.2. The van der Waals surface area contributed by atoms with E-state index in [1.165, 1.54) is 16.0 Å². The van der Waals surface area contributed by atoms with E-state index in [1.807, 2.05) is 29.2 Å². The van der Waals surface area contributed by atoms with E-state index in [4.69, 9.17) is 0 Å². The Balaban J connectivity index is 1.28. The number of urea groups is 1. The van der Waals surface area contributed by atoms with Crippen LogP contribution in [0.1, 0.15) is 24.0 Å². The Labute approximate surface area is 176 Å². The second-order valence-electron chi connectivity index (χ2n) is 7.89. The van der Waals surface area contributed by atoms with Gasteiger partial charge in [0.1, 0.15) is 0 Å². The van der Waals surface area contributed by atoms with Crippen molar-refractivity contribution in [2.45, 2.75) is 36.5 Å². The molecule has 6 heteroatoms. The smallest absolute Gasteiger partial charge is 0.321 e. The third kappa shape index (κ3) is 4.93. The van der Waals surface area contributed by atoms with E-state index in [9.17, 15) is 9.59 Å². The van der Waals surface area contributed by atoms with Gasteiger partial charge in [0, 0.05) is 47.6 Å². The highest BCUT2D eigenvalue weighted by Gasteiger charge is 2.35. The zero-order valence-corrected chi connectivity index (χ0v) is 17.8. The molecule has 3 amide bonds. The van der Waals surface area contributed by atoms with E-state index < -0.39 is 0 Å². The molecular weight excluding hydrogens is 382 g/mol. The predicted molar refractivity (Wildman–Crippen MR) is 116 cm³/mol. The van der Waals surface area contributed by atoms with Crippen LogP contribution in [-0.4, -0.2) is 47.9 Å². The van der Waals surface area contributed by atoms with Gasteiger partial charge in [-0.25, -0.2) is 4.79 Å². The fourth-order valence-corrected chi connectivity index (χ4v) is 4.36. The predicted octanol–water partition coefficient (Wildman–Crippen LogP) is 4.54. The van der Waals surface area contributed by atoms with Gasteiger partial charge in [-0.1, -0.05) is 17.8 Å². The fourth-order valence-electron chi connectivity index (χ4n) is 3.44. The van der Waals surface area contributed by atoms with Crippen molar-refractivity contribution in [1.29, 1.82) is 0 Å². The number of hydrogen-bond donors (Lipinski definition) is 1. The maximum atomic E-state index is 12.5. The molecule has 1 aliphatic heterocycles. The average molecular weight is 410 g/mol. The molecular formula is C23H27N3O2S. The Morgan fingerprint density at radius 2 is 1.48 bits per heavy atom. The Morgan fingerprint density at radius 1 is 0.862 bits per heavy atom. The van der Waals surface area contributed by atoms with Gasteiger partial charge in [0.05, 0.1) is 0 Å². The number of carbonyl (C=O) groups excluding carboxylic acids is 2. The number of anilines is 1. The van der Waals surface area contributed by atoms with Crippen LogP contribution in [0.15, 0.2) is 52.3 Å². The minimum Gasteiger partial charge on any atom is -0.339 e. The van der Waals surface area contributed by atoms with Crippen LogP contribution >= 0.6 is 11.8 Å².